The fraction of sp³-hybridized carbons (Fsp3) is 0.733. The molecule has 1 atom stereocenters. The van der Waals surface area contributed by atoms with Crippen LogP contribution in [0.3, 0.4) is 0 Å². The van der Waals surface area contributed by atoms with Crippen LogP contribution in [-0.2, 0) is 5.41 Å². The number of likely N-dealkylation sites (N-methyl/N-ethyl adjacent to an activating group) is 1. The summed E-state index contributed by atoms with van der Waals surface area (Å²) < 4.78 is 0. The third-order valence-electron chi connectivity index (χ3n) is 3.20. The Bertz CT molecular complexity index is 391. The molecule has 3 heteroatoms. The molecule has 1 unspecified atom stereocenters. The summed E-state index contributed by atoms with van der Waals surface area (Å²) in [5, 5.41) is 3.25. The predicted octanol–water partition coefficient (Wildman–Crippen LogP) is 3.04. The van der Waals surface area contributed by atoms with Gasteiger partial charge in [-0.15, -0.1) is 0 Å². The molecule has 102 valence electrons. The van der Waals surface area contributed by atoms with E-state index in [0.717, 1.165) is 23.8 Å². The summed E-state index contributed by atoms with van der Waals surface area (Å²) in [6, 6.07) is 2.10. The van der Waals surface area contributed by atoms with Gasteiger partial charge in [0.2, 0.25) is 0 Å². The van der Waals surface area contributed by atoms with Gasteiger partial charge >= 0.3 is 0 Å². The van der Waals surface area contributed by atoms with E-state index in [2.05, 4.69) is 57.9 Å². The van der Waals surface area contributed by atoms with Gasteiger partial charge in [0.25, 0.3) is 0 Å². The standard InChI is InChI=1S/C15H27N3/c1-10(2)12(9-16-7)14-17-11(3)8-13(18-14)15(4,5)6/h8,10,12,16H,9H2,1-7H3. The number of nitrogens with zero attached hydrogens (tertiary/aromatic N) is 2. The number of aromatic nitrogens is 2. The summed E-state index contributed by atoms with van der Waals surface area (Å²) in [6.07, 6.45) is 0. The molecule has 0 aliphatic heterocycles. The molecule has 0 radical (unpaired) electrons. The zero-order valence-electron chi connectivity index (χ0n) is 12.8. The van der Waals surface area contributed by atoms with Crippen LogP contribution >= 0.6 is 0 Å². The summed E-state index contributed by atoms with van der Waals surface area (Å²) in [5.74, 6) is 1.88. The first kappa shape index (κ1) is 15.1. The minimum Gasteiger partial charge on any atom is -0.319 e. The van der Waals surface area contributed by atoms with Crippen LogP contribution < -0.4 is 5.32 Å². The molecule has 1 aromatic rings. The average molecular weight is 249 g/mol. The summed E-state index contributed by atoms with van der Waals surface area (Å²) in [7, 11) is 1.98. The maximum absolute atomic E-state index is 4.79. The minimum absolute atomic E-state index is 0.0730. The van der Waals surface area contributed by atoms with E-state index >= 15 is 0 Å². The zero-order valence-corrected chi connectivity index (χ0v) is 12.8. The second-order valence-electron chi connectivity index (χ2n) is 6.41. The topological polar surface area (TPSA) is 37.8 Å². The highest BCUT2D eigenvalue weighted by molar-refractivity contribution is 5.19. The van der Waals surface area contributed by atoms with Crippen LogP contribution in [0, 0.1) is 12.8 Å². The lowest BCUT2D eigenvalue weighted by molar-refractivity contribution is 0.449. The van der Waals surface area contributed by atoms with Crippen molar-refractivity contribution in [1.82, 2.24) is 15.3 Å². The quantitative estimate of drug-likeness (QED) is 0.891. The van der Waals surface area contributed by atoms with E-state index in [1.807, 2.05) is 7.05 Å². The van der Waals surface area contributed by atoms with Crippen molar-refractivity contribution >= 4 is 0 Å². The predicted molar refractivity (Wildman–Crippen MR) is 77.0 cm³/mol. The Kier molecular flexibility index (Phi) is 4.85. The Morgan fingerprint density at radius 1 is 1.22 bits per heavy atom. The van der Waals surface area contributed by atoms with E-state index < -0.39 is 0 Å². The SMILES string of the molecule is CNCC(c1nc(C)cc(C(C)(C)C)n1)C(C)C. The molecule has 0 saturated carbocycles. The van der Waals surface area contributed by atoms with Gasteiger partial charge in [-0.1, -0.05) is 34.6 Å². The third kappa shape index (κ3) is 3.77. The first-order valence-corrected chi connectivity index (χ1v) is 6.76. The largest absolute Gasteiger partial charge is 0.319 e. The van der Waals surface area contributed by atoms with Crippen molar-refractivity contribution < 1.29 is 0 Å². The van der Waals surface area contributed by atoms with Crippen LogP contribution in [0.2, 0.25) is 0 Å². The summed E-state index contributed by atoms with van der Waals surface area (Å²) in [6.45, 7) is 14.0. The second-order valence-corrected chi connectivity index (χ2v) is 6.41. The van der Waals surface area contributed by atoms with Gasteiger partial charge in [-0.2, -0.15) is 0 Å². The highest BCUT2D eigenvalue weighted by Gasteiger charge is 2.22. The summed E-state index contributed by atoms with van der Waals surface area (Å²) >= 11 is 0. The molecule has 0 saturated heterocycles. The Balaban J connectivity index is 3.19. The van der Waals surface area contributed by atoms with E-state index in [9.17, 15) is 0 Å². The van der Waals surface area contributed by atoms with Crippen LogP contribution in [0.15, 0.2) is 6.07 Å². The fourth-order valence-electron chi connectivity index (χ4n) is 1.99. The first-order valence-electron chi connectivity index (χ1n) is 6.76. The smallest absolute Gasteiger partial charge is 0.133 e. The van der Waals surface area contributed by atoms with E-state index in [1.165, 1.54) is 0 Å². The Labute approximate surface area is 111 Å². The minimum atomic E-state index is 0.0730. The molecule has 0 bridgehead atoms. The van der Waals surface area contributed by atoms with Crippen molar-refractivity contribution in [3.05, 3.63) is 23.3 Å². The highest BCUT2D eigenvalue weighted by Crippen LogP contribution is 2.25. The van der Waals surface area contributed by atoms with E-state index in [-0.39, 0.29) is 5.41 Å². The van der Waals surface area contributed by atoms with E-state index in [4.69, 9.17) is 4.98 Å². The van der Waals surface area contributed by atoms with Crippen LogP contribution in [0.4, 0.5) is 0 Å². The molecule has 3 nitrogen and oxygen atoms in total. The molecule has 0 amide bonds. The monoisotopic (exact) mass is 249 g/mol. The Morgan fingerprint density at radius 2 is 1.83 bits per heavy atom. The van der Waals surface area contributed by atoms with Gasteiger partial charge in [-0.3, -0.25) is 0 Å². The number of aryl methyl sites for hydroxylation is 1. The molecule has 1 heterocycles. The zero-order chi connectivity index (χ0) is 13.9. The Hall–Kier alpha value is -0.960. The van der Waals surface area contributed by atoms with Crippen LogP contribution in [0.5, 0.6) is 0 Å². The van der Waals surface area contributed by atoms with Crippen LogP contribution in [-0.4, -0.2) is 23.6 Å². The number of rotatable bonds is 4. The van der Waals surface area contributed by atoms with Gasteiger partial charge in [0.15, 0.2) is 0 Å². The van der Waals surface area contributed by atoms with Gasteiger partial charge in [0.05, 0.1) is 0 Å². The lowest BCUT2D eigenvalue weighted by Gasteiger charge is -2.23. The molecule has 0 fully saturated rings. The van der Waals surface area contributed by atoms with Crippen LogP contribution in [0.25, 0.3) is 0 Å². The molecule has 0 spiro atoms. The second kappa shape index (κ2) is 5.79. The van der Waals surface area contributed by atoms with Crippen LogP contribution in [0.1, 0.15) is 57.7 Å². The van der Waals surface area contributed by atoms with Gasteiger partial charge in [0, 0.05) is 29.3 Å². The van der Waals surface area contributed by atoms with Crippen molar-refractivity contribution in [3.8, 4) is 0 Å². The highest BCUT2D eigenvalue weighted by atomic mass is 14.9. The van der Waals surface area contributed by atoms with Crippen molar-refractivity contribution in [2.45, 2.75) is 52.9 Å². The van der Waals surface area contributed by atoms with Crippen molar-refractivity contribution in [2.75, 3.05) is 13.6 Å². The van der Waals surface area contributed by atoms with Gasteiger partial charge in [-0.25, -0.2) is 9.97 Å². The maximum Gasteiger partial charge on any atom is 0.133 e. The Morgan fingerprint density at radius 3 is 2.28 bits per heavy atom. The summed E-state index contributed by atoms with van der Waals surface area (Å²) in [5.41, 5.74) is 2.27. The van der Waals surface area contributed by atoms with Crippen molar-refractivity contribution in [3.63, 3.8) is 0 Å². The normalized spacial score (nSPS) is 14.0. The maximum atomic E-state index is 4.79. The molecule has 1 aromatic heterocycles. The molecule has 0 aromatic carbocycles. The van der Waals surface area contributed by atoms with Gasteiger partial charge in [0.1, 0.15) is 5.82 Å². The third-order valence-corrected chi connectivity index (χ3v) is 3.20. The van der Waals surface area contributed by atoms with Gasteiger partial charge in [-0.05, 0) is 26.0 Å². The number of nitrogens with one attached hydrogen (secondary N) is 1. The first-order chi connectivity index (χ1) is 8.25. The molecule has 18 heavy (non-hydrogen) atoms. The molecular weight excluding hydrogens is 222 g/mol. The van der Waals surface area contributed by atoms with Gasteiger partial charge < -0.3 is 5.32 Å². The van der Waals surface area contributed by atoms with E-state index in [0.29, 0.717) is 11.8 Å². The molecule has 1 rings (SSSR count). The number of hydrogen-bond donors (Lipinski definition) is 1. The summed E-state index contributed by atoms with van der Waals surface area (Å²) in [4.78, 5) is 9.43. The molecule has 0 aliphatic rings. The van der Waals surface area contributed by atoms with Crippen molar-refractivity contribution in [2.24, 2.45) is 5.92 Å². The average Bonchev–Trinajstić information content (AvgIpc) is 2.23. The fourth-order valence-corrected chi connectivity index (χ4v) is 1.99. The molecule has 1 N–H and O–H groups in total. The molecule has 0 aliphatic carbocycles. The van der Waals surface area contributed by atoms with E-state index in [1.54, 1.807) is 0 Å². The number of hydrogen-bond acceptors (Lipinski definition) is 3. The lowest BCUT2D eigenvalue weighted by atomic mass is 9.90. The van der Waals surface area contributed by atoms with Crippen molar-refractivity contribution in [1.29, 1.82) is 0 Å². The lowest BCUT2D eigenvalue weighted by Crippen LogP contribution is -2.25. The molecular formula is C15H27N3.